The maximum Gasteiger partial charge on any atom is 0.0599 e. The van der Waals surface area contributed by atoms with E-state index in [1.807, 2.05) is 6.07 Å². The lowest BCUT2D eigenvalue weighted by atomic mass is 9.83. The first-order chi connectivity index (χ1) is 9.74. The number of nitrogen functional groups attached to an aromatic ring is 2. The molecule has 2 aromatic rings. The van der Waals surface area contributed by atoms with E-state index in [9.17, 15) is 0 Å². The van der Waals surface area contributed by atoms with Crippen LogP contribution in [0, 0.1) is 0 Å². The summed E-state index contributed by atoms with van der Waals surface area (Å²) in [6.07, 6.45) is 2.11. The quantitative estimate of drug-likeness (QED) is 0.720. The lowest BCUT2D eigenvalue weighted by Crippen LogP contribution is -2.39. The van der Waals surface area contributed by atoms with E-state index in [2.05, 4.69) is 35.2 Å². The average Bonchev–Trinajstić information content (AvgIpc) is 2.48. The Kier molecular flexibility index (Phi) is 2.51. The van der Waals surface area contributed by atoms with E-state index in [-0.39, 0.29) is 0 Å². The minimum absolute atomic E-state index is 0.386. The molecule has 0 spiro atoms. The Balaban J connectivity index is 1.83. The molecule has 0 radical (unpaired) electrons. The SMILES string of the molecule is Nc1ccc2c(c1N)C1Cc3ccccc3CN1CC2. The summed E-state index contributed by atoms with van der Waals surface area (Å²) in [4.78, 5) is 2.54. The van der Waals surface area contributed by atoms with Gasteiger partial charge in [0, 0.05) is 19.1 Å². The zero-order valence-electron chi connectivity index (χ0n) is 11.5. The molecule has 2 heterocycles. The lowest BCUT2D eigenvalue weighted by Gasteiger charge is -2.42. The van der Waals surface area contributed by atoms with Crippen molar-refractivity contribution in [2.24, 2.45) is 0 Å². The van der Waals surface area contributed by atoms with Gasteiger partial charge in [-0.2, -0.15) is 0 Å². The predicted molar refractivity (Wildman–Crippen MR) is 82.3 cm³/mol. The Morgan fingerprint density at radius 1 is 0.950 bits per heavy atom. The summed E-state index contributed by atoms with van der Waals surface area (Å²) in [6, 6.07) is 13.2. The van der Waals surface area contributed by atoms with Gasteiger partial charge in [0.25, 0.3) is 0 Å². The Labute approximate surface area is 119 Å². The Hall–Kier alpha value is -2.00. The van der Waals surface area contributed by atoms with E-state index in [0.717, 1.165) is 31.6 Å². The second-order valence-corrected chi connectivity index (χ2v) is 5.85. The Morgan fingerprint density at radius 2 is 1.75 bits per heavy atom. The molecule has 20 heavy (non-hydrogen) atoms. The van der Waals surface area contributed by atoms with Crippen LogP contribution in [0.5, 0.6) is 0 Å². The molecule has 1 unspecified atom stereocenters. The molecule has 0 bridgehead atoms. The molecule has 0 fully saturated rings. The summed E-state index contributed by atoms with van der Waals surface area (Å²) in [5, 5.41) is 0. The molecule has 1 atom stereocenters. The van der Waals surface area contributed by atoms with Crippen molar-refractivity contribution in [3.05, 3.63) is 58.7 Å². The molecular formula is C17H19N3. The molecule has 0 saturated heterocycles. The standard InChI is InChI=1S/C17H19N3/c18-14-6-5-11-7-8-20-10-13-4-2-1-3-12(13)9-15(20)16(11)17(14)19/h1-6,15H,7-10,18-19H2. The third kappa shape index (κ3) is 1.63. The van der Waals surface area contributed by atoms with Gasteiger partial charge in [-0.15, -0.1) is 0 Å². The van der Waals surface area contributed by atoms with Crippen molar-refractivity contribution in [3.63, 3.8) is 0 Å². The highest BCUT2D eigenvalue weighted by molar-refractivity contribution is 5.70. The van der Waals surface area contributed by atoms with Crippen LogP contribution < -0.4 is 11.5 Å². The average molecular weight is 265 g/mol. The molecule has 2 aliphatic heterocycles. The van der Waals surface area contributed by atoms with E-state index in [4.69, 9.17) is 11.5 Å². The van der Waals surface area contributed by atoms with Gasteiger partial charge in [-0.3, -0.25) is 4.90 Å². The van der Waals surface area contributed by atoms with Crippen molar-refractivity contribution in [2.75, 3.05) is 18.0 Å². The van der Waals surface area contributed by atoms with Crippen LogP contribution in [0.25, 0.3) is 0 Å². The second kappa shape index (κ2) is 4.25. The number of rotatable bonds is 0. The largest absolute Gasteiger partial charge is 0.397 e. The van der Waals surface area contributed by atoms with Crippen LogP contribution in [0.2, 0.25) is 0 Å². The third-order valence-corrected chi connectivity index (χ3v) is 4.76. The smallest absolute Gasteiger partial charge is 0.0599 e. The van der Waals surface area contributed by atoms with E-state index in [1.54, 1.807) is 0 Å². The number of nitrogens with zero attached hydrogens (tertiary/aromatic N) is 1. The highest BCUT2D eigenvalue weighted by Crippen LogP contribution is 2.42. The minimum atomic E-state index is 0.386. The number of benzene rings is 2. The number of nitrogens with two attached hydrogens (primary N) is 2. The van der Waals surface area contributed by atoms with E-state index in [0.29, 0.717) is 11.7 Å². The molecule has 4 rings (SSSR count). The number of hydrogen-bond acceptors (Lipinski definition) is 3. The van der Waals surface area contributed by atoms with Crippen molar-refractivity contribution in [1.82, 2.24) is 4.90 Å². The second-order valence-electron chi connectivity index (χ2n) is 5.85. The lowest BCUT2D eigenvalue weighted by molar-refractivity contribution is 0.162. The number of fused-ring (bicyclic) bond motifs is 4. The van der Waals surface area contributed by atoms with Gasteiger partial charge in [0.05, 0.1) is 11.4 Å². The first kappa shape index (κ1) is 11.8. The molecule has 0 aliphatic carbocycles. The van der Waals surface area contributed by atoms with Gasteiger partial charge in [0.2, 0.25) is 0 Å². The molecule has 3 heteroatoms. The fourth-order valence-electron chi connectivity index (χ4n) is 3.67. The maximum absolute atomic E-state index is 6.28. The zero-order chi connectivity index (χ0) is 13.7. The van der Waals surface area contributed by atoms with Gasteiger partial charge < -0.3 is 11.5 Å². The van der Waals surface area contributed by atoms with E-state index < -0.39 is 0 Å². The maximum atomic E-state index is 6.28. The van der Waals surface area contributed by atoms with Gasteiger partial charge in [0.15, 0.2) is 0 Å². The predicted octanol–water partition coefficient (Wildman–Crippen LogP) is 2.51. The summed E-state index contributed by atoms with van der Waals surface area (Å²) in [7, 11) is 0. The molecule has 0 amide bonds. The topological polar surface area (TPSA) is 55.3 Å². The van der Waals surface area contributed by atoms with Crippen LogP contribution in [0.3, 0.4) is 0 Å². The minimum Gasteiger partial charge on any atom is -0.397 e. The fourth-order valence-corrected chi connectivity index (χ4v) is 3.67. The van der Waals surface area contributed by atoms with Gasteiger partial charge in [0.1, 0.15) is 0 Å². The van der Waals surface area contributed by atoms with Crippen molar-refractivity contribution in [1.29, 1.82) is 0 Å². The Morgan fingerprint density at radius 3 is 2.60 bits per heavy atom. The van der Waals surface area contributed by atoms with Crippen LogP contribution in [0.15, 0.2) is 36.4 Å². The highest BCUT2D eigenvalue weighted by Gasteiger charge is 2.33. The normalized spacial score (nSPS) is 20.9. The van der Waals surface area contributed by atoms with Gasteiger partial charge in [-0.25, -0.2) is 0 Å². The summed E-state index contributed by atoms with van der Waals surface area (Å²) in [6.45, 7) is 2.13. The summed E-state index contributed by atoms with van der Waals surface area (Å²) >= 11 is 0. The van der Waals surface area contributed by atoms with Crippen LogP contribution in [0.4, 0.5) is 11.4 Å². The van der Waals surface area contributed by atoms with Crippen LogP contribution in [-0.2, 0) is 19.4 Å². The molecule has 2 aromatic carbocycles. The molecular weight excluding hydrogens is 246 g/mol. The van der Waals surface area contributed by atoms with Crippen LogP contribution in [-0.4, -0.2) is 11.4 Å². The molecule has 0 saturated carbocycles. The zero-order valence-corrected chi connectivity index (χ0v) is 11.5. The van der Waals surface area contributed by atoms with Gasteiger partial charge in [-0.1, -0.05) is 30.3 Å². The van der Waals surface area contributed by atoms with Crippen molar-refractivity contribution in [3.8, 4) is 0 Å². The monoisotopic (exact) mass is 265 g/mol. The summed E-state index contributed by atoms with van der Waals surface area (Å²) < 4.78 is 0. The first-order valence-corrected chi connectivity index (χ1v) is 7.21. The fraction of sp³-hybridized carbons (Fsp3) is 0.294. The third-order valence-electron chi connectivity index (χ3n) is 4.76. The molecule has 3 nitrogen and oxygen atoms in total. The molecule has 4 N–H and O–H groups in total. The molecule has 2 aliphatic rings. The van der Waals surface area contributed by atoms with Gasteiger partial charge in [-0.05, 0) is 41.2 Å². The van der Waals surface area contributed by atoms with Crippen LogP contribution >= 0.6 is 0 Å². The van der Waals surface area contributed by atoms with Crippen molar-refractivity contribution < 1.29 is 0 Å². The number of anilines is 2. The van der Waals surface area contributed by atoms with E-state index in [1.165, 1.54) is 22.3 Å². The van der Waals surface area contributed by atoms with E-state index >= 15 is 0 Å². The summed E-state index contributed by atoms with van der Waals surface area (Å²) in [5.41, 5.74) is 19.3. The molecule has 0 aromatic heterocycles. The molecule has 102 valence electrons. The van der Waals surface area contributed by atoms with Gasteiger partial charge >= 0.3 is 0 Å². The Bertz CT molecular complexity index is 678. The highest BCUT2D eigenvalue weighted by atomic mass is 15.2. The number of hydrogen-bond donors (Lipinski definition) is 2. The van der Waals surface area contributed by atoms with Crippen LogP contribution in [0.1, 0.15) is 28.3 Å². The first-order valence-electron chi connectivity index (χ1n) is 7.21. The van der Waals surface area contributed by atoms with Crippen molar-refractivity contribution >= 4 is 11.4 Å². The van der Waals surface area contributed by atoms with Crippen molar-refractivity contribution in [2.45, 2.75) is 25.4 Å². The summed E-state index contributed by atoms with van der Waals surface area (Å²) in [5.74, 6) is 0.